The summed E-state index contributed by atoms with van der Waals surface area (Å²) in [6.07, 6.45) is 1.28. The summed E-state index contributed by atoms with van der Waals surface area (Å²) in [7, 11) is -2.91. The molecule has 0 spiro atoms. The first-order valence-corrected chi connectivity index (χ1v) is 9.66. The number of hydrogen-bond acceptors (Lipinski definition) is 6. The summed E-state index contributed by atoms with van der Waals surface area (Å²) in [4.78, 5) is 6.58. The Morgan fingerprint density at radius 2 is 2.00 bits per heavy atom. The van der Waals surface area contributed by atoms with E-state index in [1.165, 1.54) is 0 Å². The van der Waals surface area contributed by atoms with Gasteiger partial charge in [-0.25, -0.2) is 8.42 Å². The van der Waals surface area contributed by atoms with Crippen LogP contribution in [0.1, 0.15) is 36.7 Å². The molecule has 1 aliphatic heterocycles. The topological polar surface area (TPSA) is 76.3 Å². The second kappa shape index (κ2) is 6.80. The maximum Gasteiger partial charge on any atom is 0.243 e. The first kappa shape index (κ1) is 16.1. The Hall–Kier alpha value is -1.73. The van der Waals surface area contributed by atoms with Gasteiger partial charge in [-0.05, 0) is 25.5 Å². The van der Waals surface area contributed by atoms with Crippen LogP contribution in [0.3, 0.4) is 0 Å². The fourth-order valence-corrected chi connectivity index (χ4v) is 4.07. The molecule has 1 aliphatic rings. The third-order valence-electron chi connectivity index (χ3n) is 4.18. The van der Waals surface area contributed by atoms with Crippen LogP contribution in [0.4, 0.5) is 0 Å². The molecule has 3 rings (SSSR count). The monoisotopic (exact) mass is 335 g/mol. The number of hydrogen-bond donors (Lipinski definition) is 0. The summed E-state index contributed by atoms with van der Waals surface area (Å²) < 4.78 is 28.8. The first-order chi connectivity index (χ1) is 11.0. The van der Waals surface area contributed by atoms with Crippen LogP contribution < -0.4 is 0 Å². The van der Waals surface area contributed by atoms with Crippen molar-refractivity contribution in [3.63, 3.8) is 0 Å². The van der Waals surface area contributed by atoms with Crippen molar-refractivity contribution in [2.45, 2.75) is 25.8 Å². The summed E-state index contributed by atoms with van der Waals surface area (Å²) in [5.41, 5.74) is 1.13. The van der Waals surface area contributed by atoms with Crippen LogP contribution in [-0.4, -0.2) is 48.1 Å². The van der Waals surface area contributed by atoms with Crippen LogP contribution in [0.15, 0.2) is 34.9 Å². The molecular formula is C16H21N3O3S. The van der Waals surface area contributed by atoms with Crippen molar-refractivity contribution >= 4 is 9.84 Å². The molecule has 2 aromatic rings. The molecule has 1 aromatic carbocycles. The number of nitrogens with zero attached hydrogens (tertiary/aromatic N) is 3. The van der Waals surface area contributed by atoms with Gasteiger partial charge in [0.15, 0.2) is 15.7 Å². The summed E-state index contributed by atoms with van der Waals surface area (Å²) in [5.74, 6) is 1.66. The highest BCUT2D eigenvalue weighted by molar-refractivity contribution is 7.91. The zero-order valence-electron chi connectivity index (χ0n) is 13.2. The van der Waals surface area contributed by atoms with E-state index in [0.717, 1.165) is 12.1 Å². The van der Waals surface area contributed by atoms with Gasteiger partial charge in [0.2, 0.25) is 5.89 Å². The average Bonchev–Trinajstić information content (AvgIpc) is 2.91. The molecule has 124 valence electrons. The predicted molar refractivity (Wildman–Crippen MR) is 86.8 cm³/mol. The van der Waals surface area contributed by atoms with Crippen LogP contribution in [0.5, 0.6) is 0 Å². The largest absolute Gasteiger partial charge is 0.338 e. The number of aromatic nitrogens is 2. The van der Waals surface area contributed by atoms with Crippen molar-refractivity contribution in [3.8, 4) is 0 Å². The molecule has 1 aromatic heterocycles. The van der Waals surface area contributed by atoms with E-state index in [4.69, 9.17) is 4.52 Å². The molecule has 0 N–H and O–H groups in total. The van der Waals surface area contributed by atoms with E-state index in [2.05, 4.69) is 15.0 Å². The Labute approximate surface area is 136 Å². The SMILES string of the molecule is C[C@@H](c1nc(Cc2ccccc2)no1)N1CCCS(=O)(=O)CC1. The molecule has 0 saturated carbocycles. The van der Waals surface area contributed by atoms with Gasteiger partial charge in [-0.15, -0.1) is 0 Å². The Morgan fingerprint density at radius 3 is 2.78 bits per heavy atom. The molecular weight excluding hydrogens is 314 g/mol. The summed E-state index contributed by atoms with van der Waals surface area (Å²) >= 11 is 0. The van der Waals surface area contributed by atoms with Crippen molar-refractivity contribution in [3.05, 3.63) is 47.6 Å². The molecule has 6 nitrogen and oxygen atoms in total. The lowest BCUT2D eigenvalue weighted by molar-refractivity contribution is 0.185. The molecule has 0 unspecified atom stereocenters. The lowest BCUT2D eigenvalue weighted by atomic mass is 10.1. The Morgan fingerprint density at radius 1 is 1.22 bits per heavy atom. The smallest absolute Gasteiger partial charge is 0.243 e. The summed E-state index contributed by atoms with van der Waals surface area (Å²) in [6, 6.07) is 9.92. The molecule has 0 radical (unpaired) electrons. The standard InChI is InChI=1S/C16H21N3O3S/c1-13(19-8-5-10-23(20,21)11-9-19)16-17-15(18-22-16)12-14-6-3-2-4-7-14/h2-4,6-7,13H,5,8-12H2,1H3/t13-/m0/s1. The first-order valence-electron chi connectivity index (χ1n) is 7.84. The van der Waals surface area contributed by atoms with Crippen molar-refractivity contribution in [1.29, 1.82) is 0 Å². The van der Waals surface area contributed by atoms with Crippen molar-refractivity contribution in [1.82, 2.24) is 15.0 Å². The van der Waals surface area contributed by atoms with Crippen LogP contribution in [0, 0.1) is 0 Å². The molecule has 1 atom stereocenters. The molecule has 1 fully saturated rings. The Balaban J connectivity index is 1.67. The van der Waals surface area contributed by atoms with Crippen LogP contribution in [0.2, 0.25) is 0 Å². The van der Waals surface area contributed by atoms with Gasteiger partial charge in [0.1, 0.15) is 0 Å². The number of sulfone groups is 1. The molecule has 23 heavy (non-hydrogen) atoms. The van der Waals surface area contributed by atoms with Crippen LogP contribution >= 0.6 is 0 Å². The molecule has 0 aliphatic carbocycles. The minimum Gasteiger partial charge on any atom is -0.338 e. The second-order valence-corrected chi connectivity index (χ2v) is 8.23. The Kier molecular flexibility index (Phi) is 4.77. The van der Waals surface area contributed by atoms with Gasteiger partial charge < -0.3 is 4.52 Å². The third kappa shape index (κ3) is 4.17. The van der Waals surface area contributed by atoms with E-state index < -0.39 is 9.84 Å². The van der Waals surface area contributed by atoms with Gasteiger partial charge in [-0.2, -0.15) is 4.98 Å². The lowest BCUT2D eigenvalue weighted by Crippen LogP contribution is -2.30. The van der Waals surface area contributed by atoms with E-state index in [-0.39, 0.29) is 17.5 Å². The maximum atomic E-state index is 11.7. The van der Waals surface area contributed by atoms with Crippen LogP contribution in [0.25, 0.3) is 0 Å². The average molecular weight is 335 g/mol. The van der Waals surface area contributed by atoms with Gasteiger partial charge >= 0.3 is 0 Å². The van der Waals surface area contributed by atoms with Crippen LogP contribution in [-0.2, 0) is 16.3 Å². The van der Waals surface area contributed by atoms with Gasteiger partial charge in [-0.1, -0.05) is 35.5 Å². The fraction of sp³-hybridized carbons (Fsp3) is 0.500. The molecule has 7 heteroatoms. The lowest BCUT2D eigenvalue weighted by Gasteiger charge is -2.23. The molecule has 0 bridgehead atoms. The maximum absolute atomic E-state index is 11.7. The van der Waals surface area contributed by atoms with E-state index in [9.17, 15) is 8.42 Å². The Bertz CT molecular complexity index is 743. The summed E-state index contributed by atoms with van der Waals surface area (Å²) in [5, 5.41) is 4.05. The zero-order chi connectivity index (χ0) is 16.3. The normalized spacial score (nSPS) is 20.0. The highest BCUT2D eigenvalue weighted by atomic mass is 32.2. The fourth-order valence-electron chi connectivity index (χ4n) is 2.79. The van der Waals surface area contributed by atoms with E-state index in [1.807, 2.05) is 37.3 Å². The van der Waals surface area contributed by atoms with Crippen molar-refractivity contribution < 1.29 is 12.9 Å². The van der Waals surface area contributed by atoms with E-state index >= 15 is 0 Å². The van der Waals surface area contributed by atoms with Crippen molar-refractivity contribution in [2.24, 2.45) is 0 Å². The van der Waals surface area contributed by atoms with Gasteiger partial charge in [0.05, 0.1) is 17.5 Å². The zero-order valence-corrected chi connectivity index (χ0v) is 14.0. The van der Waals surface area contributed by atoms with Gasteiger partial charge in [0, 0.05) is 13.0 Å². The van der Waals surface area contributed by atoms with E-state index in [0.29, 0.717) is 31.1 Å². The van der Waals surface area contributed by atoms with Crippen molar-refractivity contribution in [2.75, 3.05) is 24.6 Å². The highest BCUT2D eigenvalue weighted by Gasteiger charge is 2.26. The second-order valence-electron chi connectivity index (χ2n) is 5.93. The minimum absolute atomic E-state index is 0.0691. The highest BCUT2D eigenvalue weighted by Crippen LogP contribution is 2.21. The third-order valence-corrected chi connectivity index (χ3v) is 5.90. The number of benzene rings is 1. The molecule has 1 saturated heterocycles. The quantitative estimate of drug-likeness (QED) is 0.848. The molecule has 2 heterocycles. The van der Waals surface area contributed by atoms with Gasteiger partial charge in [-0.3, -0.25) is 4.90 Å². The minimum atomic E-state index is -2.91. The molecule has 0 amide bonds. The number of rotatable bonds is 4. The predicted octanol–water partition coefficient (Wildman–Crippen LogP) is 1.84. The summed E-state index contributed by atoms with van der Waals surface area (Å²) in [6.45, 7) is 3.23. The van der Waals surface area contributed by atoms with Gasteiger partial charge in [0.25, 0.3) is 0 Å². The van der Waals surface area contributed by atoms with E-state index in [1.54, 1.807) is 0 Å².